The molecule has 2 aromatic rings. The van der Waals surface area contributed by atoms with E-state index in [4.69, 9.17) is 21.7 Å². The van der Waals surface area contributed by atoms with Crippen molar-refractivity contribution in [3.63, 3.8) is 0 Å². The summed E-state index contributed by atoms with van der Waals surface area (Å²) in [5, 5.41) is 3.02. The number of hydrogen-bond donors (Lipinski definition) is 1. The molecule has 1 N–H and O–H groups in total. The van der Waals surface area contributed by atoms with Crippen LogP contribution in [0.25, 0.3) is 0 Å². The number of aryl methyl sites for hydroxylation is 2. The first-order chi connectivity index (χ1) is 10.9. The maximum atomic E-state index is 14.1. The van der Waals surface area contributed by atoms with Crippen molar-refractivity contribution < 1.29 is 13.9 Å². The molecule has 23 heavy (non-hydrogen) atoms. The molecule has 0 fully saturated rings. The third-order valence-corrected chi connectivity index (χ3v) is 4.35. The smallest absolute Gasteiger partial charge is 0.260 e. The van der Waals surface area contributed by atoms with Gasteiger partial charge in [0.1, 0.15) is 18.2 Å². The minimum absolute atomic E-state index is 0.0719. The molecule has 0 saturated heterocycles. The van der Waals surface area contributed by atoms with Crippen LogP contribution in [0.3, 0.4) is 0 Å². The highest BCUT2D eigenvalue weighted by atomic mass is 79.9. The highest BCUT2D eigenvalue weighted by molar-refractivity contribution is 9.10. The summed E-state index contributed by atoms with van der Waals surface area (Å²) in [5.74, 6) is 0.297. The van der Waals surface area contributed by atoms with Gasteiger partial charge in [-0.15, -0.1) is 0 Å². The lowest BCUT2D eigenvalue weighted by molar-refractivity contribution is 0.298. The van der Waals surface area contributed by atoms with Gasteiger partial charge in [0.2, 0.25) is 0 Å². The predicted octanol–water partition coefficient (Wildman–Crippen LogP) is 5.13. The Kier molecular flexibility index (Phi) is 5.96. The first kappa shape index (κ1) is 17.7. The number of hydrogen-bond acceptors (Lipinski definition) is 3. The summed E-state index contributed by atoms with van der Waals surface area (Å²) in [5.41, 5.74) is 3.17. The van der Waals surface area contributed by atoms with Gasteiger partial charge in [-0.2, -0.15) is 0 Å². The molecule has 0 unspecified atom stereocenters. The van der Waals surface area contributed by atoms with E-state index in [0.29, 0.717) is 17.0 Å². The quantitative estimate of drug-likeness (QED) is 0.724. The maximum absolute atomic E-state index is 14.1. The van der Waals surface area contributed by atoms with Crippen molar-refractivity contribution in [3.8, 4) is 5.75 Å². The lowest BCUT2D eigenvalue weighted by atomic mass is 10.1. The topological polar surface area (TPSA) is 30.5 Å². The Morgan fingerprint density at radius 2 is 1.96 bits per heavy atom. The molecule has 0 aliphatic rings. The second-order valence-electron chi connectivity index (χ2n) is 5.04. The SMILES string of the molecule is COC(=S)Nc1cccc(F)c1COc1cc(C)c(C)cc1Br. The fourth-order valence-electron chi connectivity index (χ4n) is 2.00. The average molecular weight is 398 g/mol. The third kappa shape index (κ3) is 4.42. The van der Waals surface area contributed by atoms with Crippen LogP contribution in [0.1, 0.15) is 16.7 Å². The standard InChI is InChI=1S/C17H17BrFNO2S/c1-10-7-13(18)16(8-11(10)2)22-9-12-14(19)5-4-6-15(12)20-17(23)21-3/h4-8H,9H2,1-3H3,(H,20,23). The van der Waals surface area contributed by atoms with Crippen molar-refractivity contribution >= 4 is 39.0 Å². The monoisotopic (exact) mass is 397 g/mol. The zero-order chi connectivity index (χ0) is 17.0. The Balaban J connectivity index is 2.23. The van der Waals surface area contributed by atoms with Crippen molar-refractivity contribution in [2.45, 2.75) is 20.5 Å². The Labute approximate surface area is 148 Å². The molecule has 0 aliphatic carbocycles. The van der Waals surface area contributed by atoms with E-state index in [1.165, 1.54) is 13.2 Å². The van der Waals surface area contributed by atoms with Crippen LogP contribution in [0.2, 0.25) is 0 Å². The summed E-state index contributed by atoms with van der Waals surface area (Å²) >= 11 is 8.43. The van der Waals surface area contributed by atoms with Crippen LogP contribution in [-0.4, -0.2) is 12.3 Å². The summed E-state index contributed by atoms with van der Waals surface area (Å²) < 4.78 is 25.7. The fourth-order valence-corrected chi connectivity index (χ4v) is 2.68. The van der Waals surface area contributed by atoms with E-state index in [2.05, 4.69) is 21.2 Å². The number of benzene rings is 2. The Morgan fingerprint density at radius 1 is 1.26 bits per heavy atom. The van der Waals surface area contributed by atoms with E-state index in [-0.39, 0.29) is 17.6 Å². The van der Waals surface area contributed by atoms with Crippen molar-refractivity contribution in [2.75, 3.05) is 12.4 Å². The fraction of sp³-hybridized carbons (Fsp3) is 0.235. The molecule has 0 spiro atoms. The number of ether oxygens (including phenoxy) is 2. The van der Waals surface area contributed by atoms with Gasteiger partial charge in [-0.1, -0.05) is 6.07 Å². The largest absolute Gasteiger partial charge is 0.488 e. The molecule has 0 atom stereocenters. The van der Waals surface area contributed by atoms with E-state index in [1.807, 2.05) is 26.0 Å². The molecule has 0 amide bonds. The van der Waals surface area contributed by atoms with E-state index >= 15 is 0 Å². The Bertz CT molecular complexity index is 737. The van der Waals surface area contributed by atoms with E-state index in [1.54, 1.807) is 12.1 Å². The molecule has 2 aromatic carbocycles. The van der Waals surface area contributed by atoms with E-state index < -0.39 is 0 Å². The molecule has 122 valence electrons. The molecule has 0 aliphatic heterocycles. The van der Waals surface area contributed by atoms with Gasteiger partial charge in [0.05, 0.1) is 17.3 Å². The van der Waals surface area contributed by atoms with Gasteiger partial charge in [-0.25, -0.2) is 4.39 Å². The molecule has 3 nitrogen and oxygen atoms in total. The number of nitrogens with one attached hydrogen (secondary N) is 1. The summed E-state index contributed by atoms with van der Waals surface area (Å²) in [6.45, 7) is 4.10. The van der Waals surface area contributed by atoms with Gasteiger partial charge in [0.15, 0.2) is 0 Å². The van der Waals surface area contributed by atoms with Crippen LogP contribution < -0.4 is 10.1 Å². The van der Waals surface area contributed by atoms with Crippen molar-refractivity contribution in [1.29, 1.82) is 0 Å². The number of halogens is 2. The highest BCUT2D eigenvalue weighted by Crippen LogP contribution is 2.30. The molecule has 0 saturated carbocycles. The Hall–Kier alpha value is -1.66. The first-order valence-electron chi connectivity index (χ1n) is 6.94. The number of anilines is 1. The van der Waals surface area contributed by atoms with Crippen molar-refractivity contribution in [2.24, 2.45) is 0 Å². The second-order valence-corrected chi connectivity index (χ2v) is 6.26. The van der Waals surface area contributed by atoms with Crippen LogP contribution in [0.15, 0.2) is 34.8 Å². The van der Waals surface area contributed by atoms with Crippen LogP contribution in [0.5, 0.6) is 5.75 Å². The lowest BCUT2D eigenvalue weighted by Crippen LogP contribution is -2.14. The minimum atomic E-state index is -0.367. The summed E-state index contributed by atoms with van der Waals surface area (Å²) in [7, 11) is 1.46. The molecule has 2 rings (SSSR count). The zero-order valence-electron chi connectivity index (χ0n) is 13.1. The second kappa shape index (κ2) is 7.75. The first-order valence-corrected chi connectivity index (χ1v) is 8.14. The minimum Gasteiger partial charge on any atom is -0.488 e. The highest BCUT2D eigenvalue weighted by Gasteiger charge is 2.12. The molecule has 0 bridgehead atoms. The number of rotatable bonds is 4. The van der Waals surface area contributed by atoms with Crippen LogP contribution in [-0.2, 0) is 11.3 Å². The van der Waals surface area contributed by atoms with Gasteiger partial charge < -0.3 is 14.8 Å². The summed E-state index contributed by atoms with van der Waals surface area (Å²) in [6.07, 6.45) is 0. The lowest BCUT2D eigenvalue weighted by Gasteiger charge is -2.15. The molecular weight excluding hydrogens is 381 g/mol. The zero-order valence-corrected chi connectivity index (χ0v) is 15.5. The normalized spacial score (nSPS) is 10.3. The molecule has 0 aromatic heterocycles. The summed E-state index contributed by atoms with van der Waals surface area (Å²) in [4.78, 5) is 0. The van der Waals surface area contributed by atoms with Gasteiger partial charge in [0, 0.05) is 5.56 Å². The molecular formula is C17H17BrFNO2S. The van der Waals surface area contributed by atoms with E-state index in [9.17, 15) is 4.39 Å². The van der Waals surface area contributed by atoms with Crippen LogP contribution >= 0.6 is 28.1 Å². The average Bonchev–Trinajstić information content (AvgIpc) is 2.51. The molecule has 0 radical (unpaired) electrons. The predicted molar refractivity (Wildman–Crippen MR) is 97.6 cm³/mol. The maximum Gasteiger partial charge on any atom is 0.260 e. The molecule has 0 heterocycles. The van der Waals surface area contributed by atoms with Gasteiger partial charge in [0.25, 0.3) is 5.17 Å². The van der Waals surface area contributed by atoms with Gasteiger partial charge >= 0.3 is 0 Å². The van der Waals surface area contributed by atoms with Gasteiger partial charge in [-0.05, 0) is 77.4 Å². The van der Waals surface area contributed by atoms with E-state index in [0.717, 1.165) is 15.6 Å². The van der Waals surface area contributed by atoms with Crippen LogP contribution in [0, 0.1) is 19.7 Å². The number of methoxy groups -OCH3 is 1. The van der Waals surface area contributed by atoms with Gasteiger partial charge in [-0.3, -0.25) is 0 Å². The van der Waals surface area contributed by atoms with Crippen molar-refractivity contribution in [3.05, 3.63) is 57.3 Å². The Morgan fingerprint density at radius 3 is 2.65 bits per heavy atom. The van der Waals surface area contributed by atoms with Crippen molar-refractivity contribution in [1.82, 2.24) is 0 Å². The third-order valence-electron chi connectivity index (χ3n) is 3.46. The molecule has 6 heteroatoms. The number of thiocarbonyl (C=S) groups is 1. The van der Waals surface area contributed by atoms with Crippen LogP contribution in [0.4, 0.5) is 10.1 Å². The summed E-state index contributed by atoms with van der Waals surface area (Å²) in [6, 6.07) is 8.61.